The largest absolute Gasteiger partial charge is 0.507 e. The molecule has 1 fully saturated rings. The van der Waals surface area contributed by atoms with Gasteiger partial charge >= 0.3 is 0 Å². The van der Waals surface area contributed by atoms with Crippen LogP contribution in [0.3, 0.4) is 0 Å². The summed E-state index contributed by atoms with van der Waals surface area (Å²) in [7, 11) is 0. The number of aromatic nitrogens is 2. The van der Waals surface area contributed by atoms with Gasteiger partial charge in [0.15, 0.2) is 5.82 Å². The molecule has 1 saturated heterocycles. The number of phenols is 1. The van der Waals surface area contributed by atoms with Gasteiger partial charge < -0.3 is 19.8 Å². The number of nitrogens with one attached hydrogen (secondary N) is 1. The zero-order valence-corrected chi connectivity index (χ0v) is 13.9. The first-order valence-electron chi connectivity index (χ1n) is 8.20. The fourth-order valence-electron chi connectivity index (χ4n) is 3.01. The van der Waals surface area contributed by atoms with Crippen molar-refractivity contribution >= 4 is 11.8 Å². The van der Waals surface area contributed by atoms with Crippen molar-refractivity contribution in [2.75, 3.05) is 13.1 Å². The van der Waals surface area contributed by atoms with Crippen LogP contribution in [0.15, 0.2) is 29.1 Å². The summed E-state index contributed by atoms with van der Waals surface area (Å²) in [4.78, 5) is 30.3. The topological polar surface area (TPSA) is 109 Å². The highest BCUT2D eigenvalue weighted by Gasteiger charge is 2.32. The van der Waals surface area contributed by atoms with E-state index >= 15 is 0 Å². The number of hydrogen-bond donors (Lipinski definition) is 2. The molecule has 8 nitrogen and oxygen atoms in total. The molecule has 2 heterocycles. The van der Waals surface area contributed by atoms with Gasteiger partial charge in [0.1, 0.15) is 5.75 Å². The first kappa shape index (κ1) is 16.9. The van der Waals surface area contributed by atoms with Gasteiger partial charge in [-0.3, -0.25) is 9.59 Å². The molecule has 0 saturated carbocycles. The Morgan fingerprint density at radius 3 is 3.00 bits per heavy atom. The maximum absolute atomic E-state index is 12.4. The maximum atomic E-state index is 12.4. The summed E-state index contributed by atoms with van der Waals surface area (Å²) in [5.41, 5.74) is 1.06. The fraction of sp³-hybridized carbons (Fsp3) is 0.412. The summed E-state index contributed by atoms with van der Waals surface area (Å²) in [6, 6.07) is 4.68. The van der Waals surface area contributed by atoms with E-state index in [0.717, 1.165) is 18.4 Å². The lowest BCUT2D eigenvalue weighted by Crippen LogP contribution is -2.34. The van der Waals surface area contributed by atoms with Crippen molar-refractivity contribution in [2.45, 2.75) is 32.2 Å². The van der Waals surface area contributed by atoms with Crippen LogP contribution in [-0.4, -0.2) is 45.1 Å². The molecule has 3 rings (SSSR count). The predicted octanol–water partition coefficient (Wildman–Crippen LogP) is 1.57. The van der Waals surface area contributed by atoms with E-state index in [2.05, 4.69) is 15.5 Å². The molecular weight excluding hydrogens is 324 g/mol. The van der Waals surface area contributed by atoms with Crippen molar-refractivity contribution in [3.63, 3.8) is 0 Å². The number of phenolic OH excluding ortho intramolecular Hbond substituents is 1. The predicted molar refractivity (Wildman–Crippen MR) is 87.8 cm³/mol. The van der Waals surface area contributed by atoms with Crippen LogP contribution >= 0.6 is 0 Å². The Kier molecular flexibility index (Phi) is 4.97. The van der Waals surface area contributed by atoms with Crippen molar-refractivity contribution < 1.29 is 19.2 Å². The van der Waals surface area contributed by atoms with Gasteiger partial charge in [-0.05, 0) is 37.5 Å². The van der Waals surface area contributed by atoms with Crippen LogP contribution < -0.4 is 5.32 Å². The molecule has 1 aromatic heterocycles. The van der Waals surface area contributed by atoms with Crippen LogP contribution in [0.4, 0.5) is 0 Å². The summed E-state index contributed by atoms with van der Waals surface area (Å²) in [6.45, 7) is 2.67. The van der Waals surface area contributed by atoms with E-state index in [1.165, 1.54) is 12.5 Å². The zero-order chi connectivity index (χ0) is 17.8. The SMILES string of the molecule is Cc1ccc(C(=O)NCCC(=O)N2CCCC2c2ncon2)c(O)c1. The molecular formula is C17H20N4O4. The van der Waals surface area contributed by atoms with Gasteiger partial charge in [-0.25, -0.2) is 0 Å². The highest BCUT2D eigenvalue weighted by Crippen LogP contribution is 2.30. The molecule has 1 unspecified atom stereocenters. The van der Waals surface area contributed by atoms with Crippen LogP contribution in [-0.2, 0) is 4.79 Å². The van der Waals surface area contributed by atoms with Gasteiger partial charge in [0.05, 0.1) is 11.6 Å². The highest BCUT2D eigenvalue weighted by molar-refractivity contribution is 5.97. The van der Waals surface area contributed by atoms with Gasteiger partial charge in [0.2, 0.25) is 12.3 Å². The van der Waals surface area contributed by atoms with Crippen molar-refractivity contribution in [3.05, 3.63) is 41.5 Å². The molecule has 2 amide bonds. The lowest BCUT2D eigenvalue weighted by Gasteiger charge is -2.22. The summed E-state index contributed by atoms with van der Waals surface area (Å²) in [5.74, 6) is -0.0258. The molecule has 1 aliphatic rings. The second kappa shape index (κ2) is 7.33. The minimum Gasteiger partial charge on any atom is -0.507 e. The van der Waals surface area contributed by atoms with Crippen molar-refractivity contribution in [3.8, 4) is 5.75 Å². The second-order valence-electron chi connectivity index (χ2n) is 6.06. The van der Waals surface area contributed by atoms with Crippen LogP contribution in [0.1, 0.15) is 47.1 Å². The van der Waals surface area contributed by atoms with E-state index in [1.807, 2.05) is 6.92 Å². The molecule has 0 aliphatic carbocycles. The third-order valence-electron chi connectivity index (χ3n) is 4.27. The number of nitrogens with zero attached hydrogens (tertiary/aromatic N) is 3. The number of carbonyl (C=O) groups excluding carboxylic acids is 2. The van der Waals surface area contributed by atoms with Crippen molar-refractivity contribution in [2.24, 2.45) is 0 Å². The van der Waals surface area contributed by atoms with E-state index in [4.69, 9.17) is 4.52 Å². The van der Waals surface area contributed by atoms with Gasteiger partial charge in [-0.1, -0.05) is 11.2 Å². The smallest absolute Gasteiger partial charge is 0.255 e. The Morgan fingerprint density at radius 1 is 1.44 bits per heavy atom. The number of aryl methyl sites for hydroxylation is 1. The summed E-state index contributed by atoms with van der Waals surface area (Å²) < 4.78 is 4.76. The van der Waals surface area contributed by atoms with Gasteiger partial charge in [0, 0.05) is 19.5 Å². The molecule has 2 aromatic rings. The van der Waals surface area contributed by atoms with E-state index in [-0.39, 0.29) is 36.2 Å². The number of amides is 2. The normalized spacial score (nSPS) is 16.8. The Hall–Kier alpha value is -2.90. The van der Waals surface area contributed by atoms with Crippen LogP contribution in [0.5, 0.6) is 5.75 Å². The minimum absolute atomic E-state index is 0.0688. The summed E-state index contributed by atoms with van der Waals surface area (Å²) >= 11 is 0. The molecule has 1 aromatic carbocycles. The molecule has 0 radical (unpaired) electrons. The minimum atomic E-state index is -0.401. The lowest BCUT2D eigenvalue weighted by atomic mass is 10.1. The molecule has 0 bridgehead atoms. The number of hydrogen-bond acceptors (Lipinski definition) is 6. The van der Waals surface area contributed by atoms with Crippen LogP contribution in [0.2, 0.25) is 0 Å². The van der Waals surface area contributed by atoms with Gasteiger partial charge in [-0.15, -0.1) is 0 Å². The molecule has 8 heteroatoms. The Bertz CT molecular complexity index is 760. The van der Waals surface area contributed by atoms with Gasteiger partial charge in [0.25, 0.3) is 5.91 Å². The second-order valence-corrected chi connectivity index (χ2v) is 6.06. The van der Waals surface area contributed by atoms with E-state index in [1.54, 1.807) is 17.0 Å². The monoisotopic (exact) mass is 344 g/mol. The van der Waals surface area contributed by atoms with Crippen LogP contribution in [0, 0.1) is 6.92 Å². The van der Waals surface area contributed by atoms with Crippen LogP contribution in [0.25, 0.3) is 0 Å². The standard InChI is InChI=1S/C17H20N4O4/c1-11-4-5-12(14(22)9-11)17(24)18-7-6-15(23)21-8-2-3-13(21)16-19-10-25-20-16/h4-5,9-10,13,22H,2-3,6-8H2,1H3,(H,18,24). The first-order chi connectivity index (χ1) is 12.1. The van der Waals surface area contributed by atoms with Gasteiger partial charge in [-0.2, -0.15) is 4.98 Å². The molecule has 1 atom stereocenters. The average Bonchev–Trinajstić information content (AvgIpc) is 3.25. The molecule has 1 aliphatic heterocycles. The number of likely N-dealkylation sites (tertiary alicyclic amines) is 1. The van der Waals surface area contributed by atoms with Crippen molar-refractivity contribution in [1.82, 2.24) is 20.4 Å². The Morgan fingerprint density at radius 2 is 2.28 bits per heavy atom. The lowest BCUT2D eigenvalue weighted by molar-refractivity contribution is -0.132. The molecule has 2 N–H and O–H groups in total. The van der Waals surface area contributed by atoms with E-state index in [9.17, 15) is 14.7 Å². The van der Waals surface area contributed by atoms with E-state index in [0.29, 0.717) is 12.4 Å². The average molecular weight is 344 g/mol. The Labute approximate surface area is 144 Å². The first-order valence-corrected chi connectivity index (χ1v) is 8.20. The summed E-state index contributed by atoms with van der Waals surface area (Å²) in [5, 5.41) is 16.3. The Balaban J connectivity index is 1.53. The molecule has 132 valence electrons. The van der Waals surface area contributed by atoms with E-state index < -0.39 is 5.91 Å². The number of rotatable bonds is 5. The zero-order valence-electron chi connectivity index (χ0n) is 13.9. The third-order valence-corrected chi connectivity index (χ3v) is 4.27. The number of carbonyl (C=O) groups is 2. The summed E-state index contributed by atoms with van der Waals surface area (Å²) in [6.07, 6.45) is 3.11. The fourth-order valence-corrected chi connectivity index (χ4v) is 3.01. The molecule has 25 heavy (non-hydrogen) atoms. The quantitative estimate of drug-likeness (QED) is 0.852. The highest BCUT2D eigenvalue weighted by atomic mass is 16.5. The molecule has 0 spiro atoms. The third kappa shape index (κ3) is 3.78. The number of aromatic hydroxyl groups is 1. The van der Waals surface area contributed by atoms with Crippen molar-refractivity contribution in [1.29, 1.82) is 0 Å². The number of benzene rings is 1. The maximum Gasteiger partial charge on any atom is 0.255 e.